The summed E-state index contributed by atoms with van der Waals surface area (Å²) < 4.78 is 0. The average Bonchev–Trinajstić information content (AvgIpc) is 1.12. The van der Waals surface area contributed by atoms with Crippen LogP contribution < -0.4 is 38.4 Å². The van der Waals surface area contributed by atoms with E-state index in [0.717, 1.165) is 0 Å². The van der Waals surface area contributed by atoms with Crippen molar-refractivity contribution < 1.29 is 74.9 Å². The van der Waals surface area contributed by atoms with E-state index in [1.54, 1.807) is 0 Å². The van der Waals surface area contributed by atoms with Crippen molar-refractivity contribution in [2.75, 3.05) is 0 Å². The Morgan fingerprint density at radius 3 is 0.538 bits per heavy atom. The molecule has 8 nitrogen and oxygen atoms in total. The number of hydrogen-bond donors (Lipinski definition) is 0. The first-order valence-corrected chi connectivity index (χ1v) is 4.90. The van der Waals surface area contributed by atoms with E-state index in [0.29, 0.717) is 0 Å². The summed E-state index contributed by atoms with van der Waals surface area (Å²) in [5.74, 6) is 0. The quantitative estimate of drug-likeness (QED) is 0.343. The first-order valence-electron chi connectivity index (χ1n) is 1.63. The predicted molar refractivity (Wildman–Crippen MR) is 17.3 cm³/mol. The number of rotatable bonds is 0. The van der Waals surface area contributed by atoms with E-state index in [-0.39, 0.29) is 60.5 Å². The summed E-state index contributed by atoms with van der Waals surface area (Å²) in [6.07, 6.45) is 0. The van der Waals surface area contributed by atoms with Gasteiger partial charge in [0.15, 0.2) is 0 Å². The van der Waals surface area contributed by atoms with Gasteiger partial charge in [-0.15, -0.1) is 0 Å². The molecule has 0 spiro atoms. The Hall–Kier alpha value is 2.06. The van der Waals surface area contributed by atoms with Gasteiger partial charge in [0.1, 0.15) is 0 Å². The van der Waals surface area contributed by atoms with E-state index in [1.165, 1.54) is 0 Å². The van der Waals surface area contributed by atoms with E-state index in [1.807, 2.05) is 0 Å². The standard InChI is InChI=1S/Fe.2O4Si.Sn.Zn/c;2*1-5(2,3)4;;/q+2;2*-4;+4;+2. The molecule has 0 rings (SSSR count). The van der Waals surface area contributed by atoms with E-state index in [9.17, 15) is 0 Å². The summed E-state index contributed by atoms with van der Waals surface area (Å²) in [7, 11) is -11.2. The molecule has 0 saturated carbocycles. The van der Waals surface area contributed by atoms with Crippen LogP contribution in [0.4, 0.5) is 0 Å². The first-order chi connectivity index (χ1) is 4.00. The Morgan fingerprint density at radius 2 is 0.538 bits per heavy atom. The molecule has 0 aliphatic carbocycles. The van der Waals surface area contributed by atoms with Crippen LogP contribution in [0, 0.1) is 0 Å². The second-order valence-electron chi connectivity index (χ2n) is 1.00. The van der Waals surface area contributed by atoms with Crippen LogP contribution in [0.15, 0.2) is 0 Å². The number of hydrogen-bond acceptors (Lipinski definition) is 8. The maximum absolute atomic E-state index is 8.58. The zero-order valence-electron chi connectivity index (χ0n) is 5.83. The minimum absolute atomic E-state index is 0. The third-order valence-electron chi connectivity index (χ3n) is 0. The summed E-state index contributed by atoms with van der Waals surface area (Å²) in [6.45, 7) is 0. The molecular formula is FeO8Si2SnZn. The van der Waals surface area contributed by atoms with Crippen molar-refractivity contribution in [2.45, 2.75) is 0 Å². The summed E-state index contributed by atoms with van der Waals surface area (Å²) in [5, 5.41) is 0. The summed E-state index contributed by atoms with van der Waals surface area (Å²) in [4.78, 5) is 68.6. The Labute approximate surface area is 116 Å². The molecule has 0 amide bonds. The third-order valence-corrected chi connectivity index (χ3v) is 0. The molecule has 0 bridgehead atoms. The van der Waals surface area contributed by atoms with Crippen LogP contribution >= 0.6 is 0 Å². The van der Waals surface area contributed by atoms with Crippen LogP contribution in [0.2, 0.25) is 0 Å². The molecule has 0 unspecified atom stereocenters. The third kappa shape index (κ3) is 484. The summed E-state index contributed by atoms with van der Waals surface area (Å²) in [6, 6.07) is 0. The van der Waals surface area contributed by atoms with E-state index in [2.05, 4.69) is 0 Å². The molecule has 0 fully saturated rings. The van der Waals surface area contributed by atoms with E-state index in [4.69, 9.17) is 38.4 Å². The molecule has 13 heavy (non-hydrogen) atoms. The van der Waals surface area contributed by atoms with Crippen LogP contribution in [0.1, 0.15) is 0 Å². The largest absolute Gasteiger partial charge is 4.00 e. The van der Waals surface area contributed by atoms with Crippen molar-refractivity contribution in [3.63, 3.8) is 0 Å². The molecule has 0 aromatic carbocycles. The van der Waals surface area contributed by atoms with Crippen molar-refractivity contribution in [2.24, 2.45) is 0 Å². The molecule has 0 aliphatic heterocycles. The van der Waals surface area contributed by atoms with Gasteiger partial charge in [-0.25, -0.2) is 0 Å². The second-order valence-corrected chi connectivity index (χ2v) is 3.00. The Balaban J connectivity index is -0.0000000267. The monoisotopic (exact) mass is 424 g/mol. The van der Waals surface area contributed by atoms with Gasteiger partial charge in [-0.05, 0) is 0 Å². The Bertz CT molecular complexity index is 65.1. The van der Waals surface area contributed by atoms with Crippen LogP contribution in [-0.2, 0) is 36.5 Å². The summed E-state index contributed by atoms with van der Waals surface area (Å²) in [5.41, 5.74) is 0. The van der Waals surface area contributed by atoms with E-state index < -0.39 is 18.1 Å². The summed E-state index contributed by atoms with van der Waals surface area (Å²) >= 11 is 0. The normalized spacial score (nSPS) is 9.23. The van der Waals surface area contributed by atoms with Gasteiger partial charge < -0.3 is 56.5 Å². The zero-order valence-corrected chi connectivity index (χ0v) is 14.8. The van der Waals surface area contributed by atoms with Crippen LogP contribution in [0.5, 0.6) is 0 Å². The van der Waals surface area contributed by atoms with Crippen LogP contribution in [0.25, 0.3) is 0 Å². The fourth-order valence-electron chi connectivity index (χ4n) is 0. The molecule has 0 aromatic heterocycles. The van der Waals surface area contributed by atoms with Crippen molar-refractivity contribution in [3.8, 4) is 0 Å². The zero-order chi connectivity index (χ0) is 9.00. The minimum Gasteiger partial charge on any atom is -0.894 e. The van der Waals surface area contributed by atoms with Crippen molar-refractivity contribution >= 4 is 42.0 Å². The van der Waals surface area contributed by atoms with Gasteiger partial charge in [-0.1, -0.05) is 0 Å². The van der Waals surface area contributed by atoms with Crippen molar-refractivity contribution in [1.29, 1.82) is 0 Å². The van der Waals surface area contributed by atoms with Gasteiger partial charge in [0.25, 0.3) is 0 Å². The first kappa shape index (κ1) is 29.4. The average molecular weight is 424 g/mol. The maximum atomic E-state index is 8.58. The van der Waals surface area contributed by atoms with E-state index >= 15 is 0 Å². The minimum atomic E-state index is -5.61. The molecule has 0 N–H and O–H groups in total. The van der Waals surface area contributed by atoms with Crippen molar-refractivity contribution in [1.82, 2.24) is 0 Å². The van der Waals surface area contributed by atoms with Gasteiger partial charge in [-0.2, -0.15) is 0 Å². The fourth-order valence-corrected chi connectivity index (χ4v) is 0. The molecule has 0 aromatic rings. The molecule has 70 valence electrons. The van der Waals surface area contributed by atoms with Gasteiger partial charge in [0, 0.05) is 0 Å². The van der Waals surface area contributed by atoms with Gasteiger partial charge >= 0.3 is 60.5 Å². The molecule has 13 heteroatoms. The molecule has 0 atom stereocenters. The van der Waals surface area contributed by atoms with Gasteiger partial charge in [0.05, 0.1) is 0 Å². The molecule has 0 heterocycles. The molecule has 0 radical (unpaired) electrons. The second kappa shape index (κ2) is 12.1. The van der Waals surface area contributed by atoms with Gasteiger partial charge in [0.2, 0.25) is 0 Å². The predicted octanol–water partition coefficient (Wildman–Crippen LogP) is -10.7. The molecule has 0 saturated heterocycles. The topological polar surface area (TPSA) is 184 Å². The Kier molecular flexibility index (Phi) is 27.4. The SMILES string of the molecule is [Fe+2].[O-][Si]([O-])([O-])[O-].[O-][Si]([O-])([O-])[O-].[Sn+4].[Zn+2]. The molecule has 0 aliphatic rings. The smallest absolute Gasteiger partial charge is 0.894 e. The fraction of sp³-hybridized carbons (Fsp3) is 0. The van der Waals surface area contributed by atoms with Gasteiger partial charge in [-0.3, -0.25) is 0 Å². The maximum Gasteiger partial charge on any atom is 4.00 e. The van der Waals surface area contributed by atoms with Crippen LogP contribution in [-0.4, -0.2) is 42.0 Å². The van der Waals surface area contributed by atoms with Crippen molar-refractivity contribution in [3.05, 3.63) is 0 Å². The Morgan fingerprint density at radius 1 is 0.538 bits per heavy atom. The molecular weight excluding hydrogens is 424 g/mol. The van der Waals surface area contributed by atoms with Crippen LogP contribution in [0.3, 0.4) is 0 Å².